The van der Waals surface area contributed by atoms with Gasteiger partial charge in [0.05, 0.1) is 24.9 Å². The number of carbonyl (C=O) groups excluding carboxylic acids is 2. The summed E-state index contributed by atoms with van der Waals surface area (Å²) in [5.41, 5.74) is 1.01. The van der Waals surface area contributed by atoms with E-state index in [0.717, 1.165) is 16.9 Å². The average molecular weight is 500 g/mol. The van der Waals surface area contributed by atoms with Crippen LogP contribution < -0.4 is 5.56 Å². The Hall–Kier alpha value is -3.43. The van der Waals surface area contributed by atoms with Crippen molar-refractivity contribution in [3.05, 3.63) is 74.3 Å². The lowest BCUT2D eigenvalue weighted by atomic mass is 10.2. The Morgan fingerprint density at radius 2 is 1.94 bits per heavy atom. The predicted octanol–water partition coefficient (Wildman–Crippen LogP) is 4.52. The monoisotopic (exact) mass is 499 g/mol. The van der Waals surface area contributed by atoms with E-state index in [1.54, 1.807) is 39.1 Å². The van der Waals surface area contributed by atoms with Gasteiger partial charge in [-0.05, 0) is 55.8 Å². The van der Waals surface area contributed by atoms with Crippen LogP contribution >= 0.6 is 22.9 Å². The number of aromatic nitrogens is 2. The highest BCUT2D eigenvalue weighted by Crippen LogP contribution is 2.27. The maximum absolute atomic E-state index is 13.0. The van der Waals surface area contributed by atoms with Crippen LogP contribution in [0.5, 0.6) is 0 Å². The van der Waals surface area contributed by atoms with Crippen molar-refractivity contribution >= 4 is 45.0 Å². The number of halogens is 1. The molecule has 0 aliphatic heterocycles. The largest absolute Gasteiger partial charge is 0.462 e. The van der Waals surface area contributed by atoms with Gasteiger partial charge in [-0.2, -0.15) is 0 Å². The highest BCUT2D eigenvalue weighted by Gasteiger charge is 2.21. The minimum Gasteiger partial charge on any atom is -0.462 e. The van der Waals surface area contributed by atoms with Gasteiger partial charge in [-0.25, -0.2) is 9.78 Å². The van der Waals surface area contributed by atoms with E-state index >= 15 is 0 Å². The minimum atomic E-state index is -0.485. The summed E-state index contributed by atoms with van der Waals surface area (Å²) in [6.07, 6.45) is 1.33. The third-order valence-electron chi connectivity index (χ3n) is 5.29. The number of aryl methyl sites for hydroxylation is 1. The van der Waals surface area contributed by atoms with E-state index in [1.807, 2.05) is 18.2 Å². The quantitative estimate of drug-likeness (QED) is 0.347. The second-order valence-corrected chi connectivity index (χ2v) is 9.09. The van der Waals surface area contributed by atoms with E-state index in [0.29, 0.717) is 37.2 Å². The number of fused-ring (bicyclic) bond motifs is 1. The first-order chi connectivity index (χ1) is 16.3. The number of nitrogens with zero attached hydrogens (tertiary/aromatic N) is 3. The summed E-state index contributed by atoms with van der Waals surface area (Å²) in [4.78, 5) is 44.5. The van der Waals surface area contributed by atoms with Gasteiger partial charge >= 0.3 is 5.97 Å². The topological polar surface area (TPSA) is 94.6 Å². The van der Waals surface area contributed by atoms with Gasteiger partial charge < -0.3 is 14.1 Å². The van der Waals surface area contributed by atoms with Crippen molar-refractivity contribution in [2.75, 3.05) is 13.7 Å². The molecule has 1 aromatic carbocycles. The number of amides is 1. The summed E-state index contributed by atoms with van der Waals surface area (Å²) in [6, 6.07) is 10.9. The first-order valence-corrected chi connectivity index (χ1v) is 11.7. The van der Waals surface area contributed by atoms with Crippen molar-refractivity contribution in [3.63, 3.8) is 0 Å². The van der Waals surface area contributed by atoms with Crippen molar-refractivity contribution in [3.8, 4) is 11.3 Å². The maximum atomic E-state index is 13.0. The molecule has 3 heterocycles. The number of thiophene rings is 1. The van der Waals surface area contributed by atoms with E-state index in [-0.39, 0.29) is 31.2 Å². The van der Waals surface area contributed by atoms with Gasteiger partial charge in [0.25, 0.3) is 5.56 Å². The highest BCUT2D eigenvalue weighted by atomic mass is 35.5. The van der Waals surface area contributed by atoms with E-state index in [4.69, 9.17) is 20.8 Å². The van der Waals surface area contributed by atoms with Gasteiger partial charge in [0.1, 0.15) is 27.8 Å². The molecule has 0 N–H and O–H groups in total. The molecule has 4 aromatic rings. The number of hydrogen-bond acceptors (Lipinski definition) is 7. The van der Waals surface area contributed by atoms with Crippen LogP contribution in [0.2, 0.25) is 5.02 Å². The molecule has 0 bridgehead atoms. The Labute approximate surface area is 204 Å². The van der Waals surface area contributed by atoms with Crippen LogP contribution in [-0.2, 0) is 22.6 Å². The second-order valence-electron chi connectivity index (χ2n) is 7.66. The second kappa shape index (κ2) is 9.82. The van der Waals surface area contributed by atoms with Crippen molar-refractivity contribution in [2.24, 2.45) is 0 Å². The fourth-order valence-corrected chi connectivity index (χ4v) is 4.64. The zero-order valence-corrected chi connectivity index (χ0v) is 20.4. The lowest BCUT2D eigenvalue weighted by Crippen LogP contribution is -2.33. The van der Waals surface area contributed by atoms with Gasteiger partial charge in [-0.1, -0.05) is 11.6 Å². The van der Waals surface area contributed by atoms with Crippen LogP contribution in [0.4, 0.5) is 0 Å². The molecule has 8 nitrogen and oxygen atoms in total. The first-order valence-electron chi connectivity index (χ1n) is 10.5. The van der Waals surface area contributed by atoms with Crippen molar-refractivity contribution < 1.29 is 18.7 Å². The molecule has 3 aromatic heterocycles. The first kappa shape index (κ1) is 23.7. The van der Waals surface area contributed by atoms with E-state index in [1.165, 1.54) is 15.8 Å². The van der Waals surface area contributed by atoms with Crippen molar-refractivity contribution in [2.45, 2.75) is 26.9 Å². The third-order valence-corrected chi connectivity index (χ3v) is 6.72. The molecule has 176 valence electrons. The summed E-state index contributed by atoms with van der Waals surface area (Å²) >= 11 is 7.04. The fourth-order valence-electron chi connectivity index (χ4n) is 3.48. The Morgan fingerprint density at radius 1 is 1.21 bits per heavy atom. The molecule has 34 heavy (non-hydrogen) atoms. The lowest BCUT2D eigenvalue weighted by molar-refractivity contribution is -0.131. The van der Waals surface area contributed by atoms with Crippen molar-refractivity contribution in [1.29, 1.82) is 0 Å². The standard InChI is InChI=1S/C24H22ClN3O5S/c1-4-32-24(31)21-14(2)20-22(34-21)26-13-28(23(20)30)12-19(29)27(3)11-17-9-10-18(33-17)15-5-7-16(25)8-6-15/h5-10,13H,4,11-12H2,1-3H3. The highest BCUT2D eigenvalue weighted by molar-refractivity contribution is 7.20. The molecule has 0 radical (unpaired) electrons. The van der Waals surface area contributed by atoms with Crippen LogP contribution in [-0.4, -0.2) is 40.0 Å². The zero-order chi connectivity index (χ0) is 24.4. The molecular weight excluding hydrogens is 478 g/mol. The van der Waals surface area contributed by atoms with E-state index in [9.17, 15) is 14.4 Å². The van der Waals surface area contributed by atoms with Gasteiger partial charge in [0.2, 0.25) is 5.91 Å². The van der Waals surface area contributed by atoms with E-state index < -0.39 is 5.97 Å². The molecule has 0 aliphatic rings. The normalized spacial score (nSPS) is 11.1. The Kier molecular flexibility index (Phi) is 6.85. The molecule has 0 spiro atoms. The molecule has 0 atom stereocenters. The van der Waals surface area contributed by atoms with Gasteiger partial charge in [-0.15, -0.1) is 11.3 Å². The van der Waals surface area contributed by atoms with Crippen LogP contribution in [0.15, 0.2) is 51.9 Å². The summed E-state index contributed by atoms with van der Waals surface area (Å²) < 4.78 is 12.2. The molecule has 10 heteroatoms. The number of furan rings is 1. The van der Waals surface area contributed by atoms with E-state index in [2.05, 4.69) is 4.98 Å². The number of esters is 1. The number of rotatable bonds is 7. The molecule has 0 aliphatic carbocycles. The molecule has 0 saturated heterocycles. The molecule has 0 saturated carbocycles. The molecular formula is C24H22ClN3O5S. The Balaban J connectivity index is 1.49. The number of hydrogen-bond donors (Lipinski definition) is 0. The SMILES string of the molecule is CCOC(=O)c1sc2ncn(CC(=O)N(C)Cc3ccc(-c4ccc(Cl)cc4)o3)c(=O)c2c1C. The van der Waals surface area contributed by atoms with Crippen LogP contribution in [0, 0.1) is 6.92 Å². The average Bonchev–Trinajstić information content (AvgIpc) is 3.41. The van der Waals surface area contributed by atoms with Gasteiger partial charge in [-0.3, -0.25) is 14.2 Å². The number of benzene rings is 1. The third kappa shape index (κ3) is 4.76. The smallest absolute Gasteiger partial charge is 0.348 e. The number of carbonyl (C=O) groups is 2. The lowest BCUT2D eigenvalue weighted by Gasteiger charge is -2.16. The van der Waals surface area contributed by atoms with Gasteiger partial charge in [0.15, 0.2) is 0 Å². The molecule has 0 unspecified atom stereocenters. The predicted molar refractivity (Wildman–Crippen MR) is 130 cm³/mol. The Bertz CT molecular complexity index is 1420. The molecule has 1 amide bonds. The Morgan fingerprint density at radius 3 is 2.65 bits per heavy atom. The van der Waals surface area contributed by atoms with Crippen LogP contribution in [0.3, 0.4) is 0 Å². The zero-order valence-electron chi connectivity index (χ0n) is 18.8. The summed E-state index contributed by atoms with van der Waals surface area (Å²) in [7, 11) is 1.64. The van der Waals surface area contributed by atoms with Gasteiger partial charge in [0, 0.05) is 17.6 Å². The molecule has 4 rings (SSSR count). The minimum absolute atomic E-state index is 0.187. The van der Waals surface area contributed by atoms with Crippen LogP contribution in [0.25, 0.3) is 21.5 Å². The summed E-state index contributed by atoms with van der Waals surface area (Å²) in [6.45, 7) is 3.69. The summed E-state index contributed by atoms with van der Waals surface area (Å²) in [5, 5.41) is 0.961. The van der Waals surface area contributed by atoms with Crippen LogP contribution in [0.1, 0.15) is 27.9 Å². The maximum Gasteiger partial charge on any atom is 0.348 e. The van der Waals surface area contributed by atoms with Crippen molar-refractivity contribution in [1.82, 2.24) is 14.5 Å². The molecule has 0 fully saturated rings. The number of ether oxygens (including phenoxy) is 1. The fraction of sp³-hybridized carbons (Fsp3) is 0.250. The number of likely N-dealkylation sites (N-methyl/N-ethyl adjacent to an activating group) is 1. The summed E-state index contributed by atoms with van der Waals surface area (Å²) in [5.74, 6) is 0.505.